The van der Waals surface area contributed by atoms with Crippen molar-refractivity contribution in [1.82, 2.24) is 5.32 Å². The number of benzene rings is 1. The van der Waals surface area contributed by atoms with Gasteiger partial charge in [0, 0.05) is 6.04 Å². The van der Waals surface area contributed by atoms with Crippen molar-refractivity contribution < 1.29 is 0 Å². The average Bonchev–Trinajstić information content (AvgIpc) is 2.40. The summed E-state index contributed by atoms with van der Waals surface area (Å²) in [5.41, 5.74) is 2.84. The van der Waals surface area contributed by atoms with E-state index in [4.69, 9.17) is 0 Å². The molecule has 0 heterocycles. The van der Waals surface area contributed by atoms with E-state index >= 15 is 0 Å². The van der Waals surface area contributed by atoms with Gasteiger partial charge >= 0.3 is 0 Å². The van der Waals surface area contributed by atoms with Gasteiger partial charge in [-0.1, -0.05) is 56.4 Å². The van der Waals surface area contributed by atoms with E-state index in [1.165, 1.54) is 56.2 Å². The molecular weight excluding hydrogens is 218 g/mol. The third-order valence-corrected chi connectivity index (χ3v) is 4.38. The minimum Gasteiger partial charge on any atom is -0.310 e. The summed E-state index contributed by atoms with van der Waals surface area (Å²) in [7, 11) is 0. The van der Waals surface area contributed by atoms with E-state index in [1.54, 1.807) is 0 Å². The van der Waals surface area contributed by atoms with Crippen LogP contribution in [0, 0.1) is 12.8 Å². The van der Waals surface area contributed by atoms with Crippen LogP contribution in [0.5, 0.6) is 0 Å². The topological polar surface area (TPSA) is 12.0 Å². The summed E-state index contributed by atoms with van der Waals surface area (Å²) in [4.78, 5) is 0. The third-order valence-electron chi connectivity index (χ3n) is 4.38. The van der Waals surface area contributed by atoms with Crippen LogP contribution >= 0.6 is 0 Å². The zero-order chi connectivity index (χ0) is 12.8. The highest BCUT2D eigenvalue weighted by Gasteiger charge is 2.13. The predicted molar refractivity (Wildman–Crippen MR) is 78.8 cm³/mol. The monoisotopic (exact) mass is 245 g/mol. The van der Waals surface area contributed by atoms with E-state index < -0.39 is 0 Å². The van der Waals surface area contributed by atoms with Gasteiger partial charge in [-0.3, -0.25) is 0 Å². The molecule has 0 aliphatic heterocycles. The van der Waals surface area contributed by atoms with Crippen molar-refractivity contribution in [1.29, 1.82) is 0 Å². The summed E-state index contributed by atoms with van der Waals surface area (Å²) >= 11 is 0. The molecule has 0 saturated heterocycles. The molecule has 0 unspecified atom stereocenters. The van der Waals surface area contributed by atoms with Crippen LogP contribution in [0.1, 0.15) is 62.6 Å². The number of hydrogen-bond donors (Lipinski definition) is 1. The molecule has 0 bridgehead atoms. The van der Waals surface area contributed by atoms with Gasteiger partial charge in [-0.05, 0) is 43.9 Å². The Morgan fingerprint density at radius 1 is 1.17 bits per heavy atom. The molecule has 1 aliphatic rings. The molecule has 1 saturated carbocycles. The molecule has 2 rings (SSSR count). The molecule has 1 N–H and O–H groups in total. The van der Waals surface area contributed by atoms with Gasteiger partial charge in [-0.2, -0.15) is 0 Å². The zero-order valence-corrected chi connectivity index (χ0v) is 11.9. The molecule has 0 radical (unpaired) electrons. The molecule has 0 spiro atoms. The van der Waals surface area contributed by atoms with Crippen molar-refractivity contribution in [2.75, 3.05) is 6.54 Å². The van der Waals surface area contributed by atoms with Gasteiger partial charge in [-0.15, -0.1) is 0 Å². The molecular formula is C17H27N. The summed E-state index contributed by atoms with van der Waals surface area (Å²) in [5.74, 6) is 0.982. The second-order valence-electron chi connectivity index (χ2n) is 5.83. The Morgan fingerprint density at radius 3 is 2.61 bits per heavy atom. The van der Waals surface area contributed by atoms with Gasteiger partial charge in [0.15, 0.2) is 0 Å². The summed E-state index contributed by atoms with van der Waals surface area (Å²) in [6, 6.07) is 9.19. The average molecular weight is 245 g/mol. The van der Waals surface area contributed by atoms with E-state index in [0.717, 1.165) is 5.92 Å². The Labute approximate surface area is 112 Å². The first-order valence-electron chi connectivity index (χ1n) is 7.56. The summed E-state index contributed by atoms with van der Waals surface area (Å²) in [5, 5.41) is 3.69. The molecule has 0 amide bonds. The van der Waals surface area contributed by atoms with Crippen molar-refractivity contribution in [2.45, 2.75) is 58.4 Å². The quantitative estimate of drug-likeness (QED) is 0.798. The van der Waals surface area contributed by atoms with E-state index in [9.17, 15) is 0 Å². The second kappa shape index (κ2) is 6.94. The van der Waals surface area contributed by atoms with Gasteiger partial charge in [0.05, 0.1) is 0 Å². The maximum Gasteiger partial charge on any atom is 0.0294 e. The molecule has 1 aromatic carbocycles. The lowest BCUT2D eigenvalue weighted by Gasteiger charge is -2.23. The number of aryl methyl sites for hydroxylation is 1. The van der Waals surface area contributed by atoms with E-state index in [2.05, 4.69) is 43.4 Å². The molecule has 1 heteroatoms. The fourth-order valence-electron chi connectivity index (χ4n) is 3.16. The Bertz CT molecular complexity index is 352. The molecule has 18 heavy (non-hydrogen) atoms. The lowest BCUT2D eigenvalue weighted by molar-refractivity contribution is 0.329. The second-order valence-corrected chi connectivity index (χ2v) is 5.83. The highest BCUT2D eigenvalue weighted by molar-refractivity contribution is 5.28. The van der Waals surface area contributed by atoms with Gasteiger partial charge < -0.3 is 5.32 Å². The lowest BCUT2D eigenvalue weighted by atomic mass is 9.87. The van der Waals surface area contributed by atoms with Crippen LogP contribution in [-0.4, -0.2) is 6.54 Å². The Hall–Kier alpha value is -0.820. The van der Waals surface area contributed by atoms with Crippen molar-refractivity contribution in [3.63, 3.8) is 0 Å². The molecule has 1 nitrogen and oxygen atoms in total. The molecule has 100 valence electrons. The summed E-state index contributed by atoms with van der Waals surface area (Å²) in [6.45, 7) is 5.65. The van der Waals surface area contributed by atoms with Gasteiger partial charge in [-0.25, -0.2) is 0 Å². The highest BCUT2D eigenvalue weighted by Crippen LogP contribution is 2.26. The van der Waals surface area contributed by atoms with Crippen LogP contribution in [0.25, 0.3) is 0 Å². The third kappa shape index (κ3) is 3.84. The van der Waals surface area contributed by atoms with Crippen LogP contribution in [0.15, 0.2) is 24.3 Å². The van der Waals surface area contributed by atoms with E-state index in [0.29, 0.717) is 6.04 Å². The Morgan fingerprint density at radius 2 is 1.89 bits per heavy atom. The van der Waals surface area contributed by atoms with Crippen molar-refractivity contribution in [3.8, 4) is 0 Å². The van der Waals surface area contributed by atoms with Crippen molar-refractivity contribution in [2.24, 2.45) is 5.92 Å². The largest absolute Gasteiger partial charge is 0.310 e. The maximum absolute atomic E-state index is 3.69. The summed E-state index contributed by atoms with van der Waals surface area (Å²) in [6.07, 6.45) is 8.65. The van der Waals surface area contributed by atoms with Crippen molar-refractivity contribution in [3.05, 3.63) is 35.4 Å². The fraction of sp³-hybridized carbons (Fsp3) is 0.647. The van der Waals surface area contributed by atoms with Crippen LogP contribution < -0.4 is 5.32 Å². The van der Waals surface area contributed by atoms with Crippen LogP contribution in [0.2, 0.25) is 0 Å². The number of nitrogens with one attached hydrogen (secondary N) is 1. The van der Waals surface area contributed by atoms with Gasteiger partial charge in [0.2, 0.25) is 0 Å². The predicted octanol–water partition coefficient (Wildman–Crippen LogP) is 4.62. The minimum absolute atomic E-state index is 0.481. The molecule has 1 aliphatic carbocycles. The molecule has 0 aromatic heterocycles. The molecule has 1 fully saturated rings. The fourth-order valence-corrected chi connectivity index (χ4v) is 3.16. The van der Waals surface area contributed by atoms with Crippen molar-refractivity contribution >= 4 is 0 Å². The van der Waals surface area contributed by atoms with Gasteiger partial charge in [0.25, 0.3) is 0 Å². The zero-order valence-electron chi connectivity index (χ0n) is 11.9. The minimum atomic E-state index is 0.481. The Kier molecular flexibility index (Phi) is 5.25. The standard InChI is InChI=1S/C17H27N/c1-14-8-6-7-11-17(14)15(2)18-13-12-16-9-4-3-5-10-16/h6-8,11,15-16,18H,3-5,9-10,12-13H2,1-2H3/t15-/m1/s1. The van der Waals surface area contributed by atoms with E-state index in [1.807, 2.05) is 0 Å². The molecule has 1 atom stereocenters. The highest BCUT2D eigenvalue weighted by atomic mass is 14.9. The maximum atomic E-state index is 3.69. The first-order valence-corrected chi connectivity index (χ1v) is 7.56. The van der Waals surface area contributed by atoms with Crippen LogP contribution in [0.3, 0.4) is 0 Å². The van der Waals surface area contributed by atoms with Crippen LogP contribution in [-0.2, 0) is 0 Å². The summed E-state index contributed by atoms with van der Waals surface area (Å²) < 4.78 is 0. The number of hydrogen-bond acceptors (Lipinski definition) is 1. The first-order chi connectivity index (χ1) is 8.77. The SMILES string of the molecule is Cc1ccccc1[C@@H](C)NCCC1CCCCC1. The smallest absolute Gasteiger partial charge is 0.0294 e. The normalized spacial score (nSPS) is 18.8. The van der Waals surface area contributed by atoms with Crippen LogP contribution in [0.4, 0.5) is 0 Å². The number of rotatable bonds is 5. The molecule has 1 aromatic rings. The lowest BCUT2D eigenvalue weighted by Crippen LogP contribution is -2.23. The van der Waals surface area contributed by atoms with Gasteiger partial charge in [0.1, 0.15) is 0 Å². The Balaban J connectivity index is 1.74. The van der Waals surface area contributed by atoms with E-state index in [-0.39, 0.29) is 0 Å². The first kappa shape index (κ1) is 13.6.